The highest BCUT2D eigenvalue weighted by molar-refractivity contribution is 5.88. The summed E-state index contributed by atoms with van der Waals surface area (Å²) in [6.45, 7) is 4.25. The third-order valence-electron chi connectivity index (χ3n) is 5.63. The van der Waals surface area contributed by atoms with Crippen LogP contribution < -0.4 is 5.32 Å². The standard InChI is InChI=1S/C20H26N2O.2ClH/c23-18-10-9-15-5-3-4-8-17(15)19(18)20(16-6-1-2-7-16)22-13-11-21-12-14-22;;/h3-5,8-10,16,20-21,23H,1-2,6-7,11-14H2;2*1H/t20-;;/m1../s1. The Morgan fingerprint density at radius 2 is 1.64 bits per heavy atom. The minimum Gasteiger partial charge on any atom is -0.508 e. The predicted molar refractivity (Wildman–Crippen MR) is 109 cm³/mol. The van der Waals surface area contributed by atoms with Crippen LogP contribution in [-0.2, 0) is 0 Å². The molecule has 1 aliphatic carbocycles. The Hall–Kier alpha value is -1.00. The summed E-state index contributed by atoms with van der Waals surface area (Å²) in [6, 6.07) is 12.8. The van der Waals surface area contributed by atoms with E-state index >= 15 is 0 Å². The lowest BCUT2D eigenvalue weighted by Gasteiger charge is -2.39. The first-order valence-electron chi connectivity index (χ1n) is 9.00. The van der Waals surface area contributed by atoms with E-state index in [1.165, 1.54) is 36.5 Å². The zero-order valence-electron chi connectivity index (χ0n) is 14.5. The Morgan fingerprint density at radius 1 is 0.960 bits per heavy atom. The van der Waals surface area contributed by atoms with Gasteiger partial charge in [-0.15, -0.1) is 24.8 Å². The Kier molecular flexibility index (Phi) is 7.38. The number of phenols is 1. The van der Waals surface area contributed by atoms with Gasteiger partial charge in [0.15, 0.2) is 0 Å². The van der Waals surface area contributed by atoms with E-state index in [4.69, 9.17) is 0 Å². The maximum Gasteiger partial charge on any atom is 0.121 e. The molecule has 1 heterocycles. The second kappa shape index (κ2) is 9.09. The lowest BCUT2D eigenvalue weighted by molar-refractivity contribution is 0.124. The molecule has 1 saturated carbocycles. The molecule has 25 heavy (non-hydrogen) atoms. The largest absolute Gasteiger partial charge is 0.508 e. The number of halogens is 2. The van der Waals surface area contributed by atoms with Gasteiger partial charge in [-0.2, -0.15) is 0 Å². The summed E-state index contributed by atoms with van der Waals surface area (Å²) in [7, 11) is 0. The van der Waals surface area contributed by atoms with Crippen molar-refractivity contribution in [2.75, 3.05) is 26.2 Å². The summed E-state index contributed by atoms with van der Waals surface area (Å²) in [5.41, 5.74) is 1.16. The monoisotopic (exact) mass is 382 g/mol. The van der Waals surface area contributed by atoms with Gasteiger partial charge in [-0.3, -0.25) is 4.90 Å². The number of nitrogens with zero attached hydrogens (tertiary/aromatic N) is 1. The number of benzene rings is 2. The molecule has 2 aromatic carbocycles. The van der Waals surface area contributed by atoms with Crippen molar-refractivity contribution in [1.82, 2.24) is 10.2 Å². The van der Waals surface area contributed by atoms with Gasteiger partial charge in [-0.25, -0.2) is 0 Å². The molecule has 1 atom stereocenters. The van der Waals surface area contributed by atoms with E-state index in [1.807, 2.05) is 12.1 Å². The van der Waals surface area contributed by atoms with Crippen LogP contribution in [0, 0.1) is 5.92 Å². The van der Waals surface area contributed by atoms with Gasteiger partial charge in [0.2, 0.25) is 0 Å². The smallest absolute Gasteiger partial charge is 0.121 e. The quantitative estimate of drug-likeness (QED) is 0.818. The van der Waals surface area contributed by atoms with E-state index < -0.39 is 0 Å². The minimum absolute atomic E-state index is 0. The molecule has 0 amide bonds. The Balaban J connectivity index is 0.00000113. The Bertz CT molecular complexity index is 682. The fraction of sp³-hybridized carbons (Fsp3) is 0.500. The second-order valence-corrected chi connectivity index (χ2v) is 6.99. The van der Waals surface area contributed by atoms with Crippen LogP contribution in [0.15, 0.2) is 36.4 Å². The van der Waals surface area contributed by atoms with Crippen LogP contribution in [0.2, 0.25) is 0 Å². The average molecular weight is 383 g/mol. The van der Waals surface area contributed by atoms with Crippen molar-refractivity contribution >= 4 is 35.6 Å². The van der Waals surface area contributed by atoms with Gasteiger partial charge in [-0.05, 0) is 35.6 Å². The molecule has 0 radical (unpaired) electrons. The van der Waals surface area contributed by atoms with Gasteiger partial charge in [0.1, 0.15) is 5.75 Å². The van der Waals surface area contributed by atoms with Gasteiger partial charge in [0.25, 0.3) is 0 Å². The molecule has 3 nitrogen and oxygen atoms in total. The summed E-state index contributed by atoms with van der Waals surface area (Å²) >= 11 is 0. The number of piperazine rings is 1. The van der Waals surface area contributed by atoms with Gasteiger partial charge in [0.05, 0.1) is 0 Å². The molecule has 2 fully saturated rings. The van der Waals surface area contributed by atoms with Crippen molar-refractivity contribution in [2.45, 2.75) is 31.7 Å². The number of nitrogens with one attached hydrogen (secondary N) is 1. The summed E-state index contributed by atoms with van der Waals surface area (Å²) in [5, 5.41) is 16.6. The molecule has 0 bridgehead atoms. The van der Waals surface area contributed by atoms with Crippen LogP contribution in [0.3, 0.4) is 0 Å². The topological polar surface area (TPSA) is 35.5 Å². The number of rotatable bonds is 3. The first-order chi connectivity index (χ1) is 11.3. The van der Waals surface area contributed by atoms with E-state index in [9.17, 15) is 5.11 Å². The summed E-state index contributed by atoms with van der Waals surface area (Å²) < 4.78 is 0. The third kappa shape index (κ3) is 4.06. The van der Waals surface area contributed by atoms with Crippen LogP contribution in [0.25, 0.3) is 10.8 Å². The third-order valence-corrected chi connectivity index (χ3v) is 5.63. The molecule has 2 aromatic rings. The number of hydrogen-bond donors (Lipinski definition) is 2. The van der Waals surface area contributed by atoms with E-state index in [0.29, 0.717) is 17.7 Å². The molecule has 2 aliphatic rings. The molecule has 0 aromatic heterocycles. The van der Waals surface area contributed by atoms with E-state index in [-0.39, 0.29) is 24.8 Å². The first kappa shape index (κ1) is 20.3. The normalized spacial score (nSPS) is 20.0. The minimum atomic E-state index is 0. The average Bonchev–Trinajstić information content (AvgIpc) is 3.12. The number of fused-ring (bicyclic) bond motifs is 1. The Morgan fingerprint density at radius 3 is 2.36 bits per heavy atom. The summed E-state index contributed by atoms with van der Waals surface area (Å²) in [6.07, 6.45) is 5.24. The number of aromatic hydroxyl groups is 1. The molecule has 1 aliphatic heterocycles. The van der Waals surface area contributed by atoms with Crippen LogP contribution >= 0.6 is 24.8 Å². The highest BCUT2D eigenvalue weighted by Gasteiger charge is 2.34. The number of hydrogen-bond acceptors (Lipinski definition) is 3. The van der Waals surface area contributed by atoms with E-state index in [0.717, 1.165) is 31.7 Å². The molecule has 0 unspecified atom stereocenters. The molecular weight excluding hydrogens is 355 g/mol. The summed E-state index contributed by atoms with van der Waals surface area (Å²) in [5.74, 6) is 1.14. The van der Waals surface area contributed by atoms with Crippen LogP contribution in [0.1, 0.15) is 37.3 Å². The van der Waals surface area contributed by atoms with E-state index in [2.05, 4.69) is 34.5 Å². The lowest BCUT2D eigenvalue weighted by atomic mass is 9.86. The SMILES string of the molecule is Cl.Cl.Oc1ccc2ccccc2c1[C@@H](C1CCCC1)N1CCNCC1. The molecule has 0 spiro atoms. The molecule has 4 rings (SSSR count). The van der Waals surface area contributed by atoms with E-state index in [1.54, 1.807) is 0 Å². The van der Waals surface area contributed by atoms with Gasteiger partial charge < -0.3 is 10.4 Å². The molecule has 2 N–H and O–H groups in total. The maximum absolute atomic E-state index is 10.7. The lowest BCUT2D eigenvalue weighted by Crippen LogP contribution is -2.46. The van der Waals surface area contributed by atoms with Crippen LogP contribution in [0.4, 0.5) is 0 Å². The number of phenolic OH excluding ortho intramolecular Hbond substituents is 1. The van der Waals surface area contributed by atoms with Crippen molar-refractivity contribution in [2.24, 2.45) is 5.92 Å². The van der Waals surface area contributed by atoms with Crippen LogP contribution in [0.5, 0.6) is 5.75 Å². The highest BCUT2D eigenvalue weighted by atomic mass is 35.5. The van der Waals surface area contributed by atoms with Gasteiger partial charge in [0, 0.05) is 37.8 Å². The summed E-state index contributed by atoms with van der Waals surface area (Å²) in [4.78, 5) is 2.61. The molecule has 138 valence electrons. The van der Waals surface area contributed by atoms with Crippen molar-refractivity contribution < 1.29 is 5.11 Å². The van der Waals surface area contributed by atoms with Crippen molar-refractivity contribution in [3.05, 3.63) is 42.0 Å². The van der Waals surface area contributed by atoms with Crippen molar-refractivity contribution in [3.63, 3.8) is 0 Å². The fourth-order valence-corrected chi connectivity index (χ4v) is 4.54. The molecule has 1 saturated heterocycles. The highest BCUT2D eigenvalue weighted by Crippen LogP contribution is 2.45. The Labute approximate surface area is 162 Å². The first-order valence-corrected chi connectivity index (χ1v) is 9.00. The van der Waals surface area contributed by atoms with Gasteiger partial charge in [-0.1, -0.05) is 43.2 Å². The predicted octanol–water partition coefficient (Wildman–Crippen LogP) is 4.53. The van der Waals surface area contributed by atoms with Crippen molar-refractivity contribution in [1.29, 1.82) is 0 Å². The van der Waals surface area contributed by atoms with Crippen LogP contribution in [-0.4, -0.2) is 36.2 Å². The molecule has 5 heteroatoms. The van der Waals surface area contributed by atoms with Crippen molar-refractivity contribution in [3.8, 4) is 5.75 Å². The fourth-order valence-electron chi connectivity index (χ4n) is 4.54. The second-order valence-electron chi connectivity index (χ2n) is 6.99. The zero-order chi connectivity index (χ0) is 15.6. The van der Waals surface area contributed by atoms with Gasteiger partial charge >= 0.3 is 0 Å². The maximum atomic E-state index is 10.7. The zero-order valence-corrected chi connectivity index (χ0v) is 16.1. The molecular formula is C20H28Cl2N2O.